The van der Waals surface area contributed by atoms with E-state index >= 15 is 0 Å². The third kappa shape index (κ3) is 4.44. The van der Waals surface area contributed by atoms with E-state index in [4.69, 9.17) is 4.99 Å². The molecule has 25 heavy (non-hydrogen) atoms. The first-order chi connectivity index (χ1) is 12.2. The maximum absolute atomic E-state index is 12.2. The molecule has 0 radical (unpaired) electrons. The van der Waals surface area contributed by atoms with E-state index in [-0.39, 0.29) is 5.78 Å². The standard InChI is InChI=1S/C21H19N3O/c1-16(25)20(14-19-15-22-12-13-23-19)24-21(17-8-4-2-5-9-17)18-10-6-3-7-11-18/h2-13,15,20H,14H2,1H3. The van der Waals surface area contributed by atoms with Gasteiger partial charge in [0, 0.05) is 36.1 Å². The van der Waals surface area contributed by atoms with Crippen LogP contribution in [-0.2, 0) is 11.2 Å². The van der Waals surface area contributed by atoms with Crippen LogP contribution < -0.4 is 0 Å². The monoisotopic (exact) mass is 329 g/mol. The van der Waals surface area contributed by atoms with Gasteiger partial charge in [-0.25, -0.2) is 0 Å². The van der Waals surface area contributed by atoms with Crippen LogP contribution in [0.2, 0.25) is 0 Å². The Morgan fingerprint density at radius 1 is 0.960 bits per heavy atom. The van der Waals surface area contributed by atoms with E-state index in [9.17, 15) is 4.79 Å². The first-order valence-electron chi connectivity index (χ1n) is 8.18. The summed E-state index contributed by atoms with van der Waals surface area (Å²) >= 11 is 0. The summed E-state index contributed by atoms with van der Waals surface area (Å²) in [5.41, 5.74) is 3.54. The van der Waals surface area contributed by atoms with Crippen molar-refractivity contribution in [3.8, 4) is 0 Å². The Labute approximate surface area is 147 Å². The normalized spacial score (nSPS) is 11.6. The van der Waals surface area contributed by atoms with Gasteiger partial charge in [-0.1, -0.05) is 60.7 Å². The first kappa shape index (κ1) is 16.7. The maximum Gasteiger partial charge on any atom is 0.154 e. The summed E-state index contributed by atoms with van der Waals surface area (Å²) in [6.07, 6.45) is 5.36. The number of ketones is 1. The minimum absolute atomic E-state index is 0.00927. The lowest BCUT2D eigenvalue weighted by atomic mass is 10.0. The molecule has 0 spiro atoms. The summed E-state index contributed by atoms with van der Waals surface area (Å²) < 4.78 is 0. The second-order valence-electron chi connectivity index (χ2n) is 5.74. The maximum atomic E-state index is 12.2. The summed E-state index contributed by atoms with van der Waals surface area (Å²) in [5.74, 6) is 0.00927. The highest BCUT2D eigenvalue weighted by Gasteiger charge is 2.17. The van der Waals surface area contributed by atoms with E-state index in [0.29, 0.717) is 6.42 Å². The van der Waals surface area contributed by atoms with Gasteiger partial charge in [-0.05, 0) is 6.92 Å². The van der Waals surface area contributed by atoms with Gasteiger partial charge in [0.05, 0.1) is 11.4 Å². The van der Waals surface area contributed by atoms with E-state index in [0.717, 1.165) is 22.5 Å². The molecule has 0 fully saturated rings. The van der Waals surface area contributed by atoms with Gasteiger partial charge < -0.3 is 0 Å². The molecule has 0 aliphatic carbocycles. The number of hydrogen-bond donors (Lipinski definition) is 0. The number of rotatable bonds is 6. The molecule has 4 heteroatoms. The second-order valence-corrected chi connectivity index (χ2v) is 5.74. The van der Waals surface area contributed by atoms with Crippen molar-refractivity contribution in [2.75, 3.05) is 0 Å². The molecule has 1 unspecified atom stereocenters. The largest absolute Gasteiger partial charge is 0.298 e. The van der Waals surface area contributed by atoms with Gasteiger partial charge in [0.2, 0.25) is 0 Å². The van der Waals surface area contributed by atoms with E-state index < -0.39 is 6.04 Å². The third-order valence-electron chi connectivity index (χ3n) is 3.87. The van der Waals surface area contributed by atoms with Crippen LogP contribution >= 0.6 is 0 Å². The number of aromatic nitrogens is 2. The molecule has 1 aromatic heterocycles. The highest BCUT2D eigenvalue weighted by atomic mass is 16.1. The van der Waals surface area contributed by atoms with Crippen LogP contribution in [0.3, 0.4) is 0 Å². The number of carbonyl (C=O) groups is 1. The molecule has 0 bridgehead atoms. The average molecular weight is 329 g/mol. The fourth-order valence-electron chi connectivity index (χ4n) is 2.58. The number of carbonyl (C=O) groups excluding carboxylic acids is 1. The SMILES string of the molecule is CC(=O)C(Cc1cnccn1)N=C(c1ccccc1)c1ccccc1. The zero-order valence-electron chi connectivity index (χ0n) is 14.0. The molecule has 124 valence electrons. The van der Waals surface area contributed by atoms with Crippen molar-refractivity contribution in [1.82, 2.24) is 9.97 Å². The van der Waals surface area contributed by atoms with Gasteiger partial charge >= 0.3 is 0 Å². The highest BCUT2D eigenvalue weighted by Crippen LogP contribution is 2.14. The summed E-state index contributed by atoms with van der Waals surface area (Å²) in [5, 5.41) is 0. The summed E-state index contributed by atoms with van der Waals surface area (Å²) in [7, 11) is 0. The van der Waals surface area contributed by atoms with Crippen LogP contribution in [0.4, 0.5) is 0 Å². The van der Waals surface area contributed by atoms with Crippen LogP contribution in [-0.4, -0.2) is 27.5 Å². The molecule has 1 heterocycles. The molecular weight excluding hydrogens is 310 g/mol. The molecule has 1 atom stereocenters. The fraction of sp³-hybridized carbons (Fsp3) is 0.143. The van der Waals surface area contributed by atoms with E-state index in [1.807, 2.05) is 60.7 Å². The predicted octanol–water partition coefficient (Wildman–Crippen LogP) is 3.51. The van der Waals surface area contributed by atoms with Crippen molar-refractivity contribution in [3.63, 3.8) is 0 Å². The van der Waals surface area contributed by atoms with Crippen molar-refractivity contribution in [1.29, 1.82) is 0 Å². The lowest BCUT2D eigenvalue weighted by molar-refractivity contribution is -0.118. The number of aliphatic imine (C=N–C) groups is 1. The van der Waals surface area contributed by atoms with E-state index in [1.54, 1.807) is 25.5 Å². The fourth-order valence-corrected chi connectivity index (χ4v) is 2.58. The van der Waals surface area contributed by atoms with Gasteiger partial charge in [-0.15, -0.1) is 0 Å². The average Bonchev–Trinajstić information content (AvgIpc) is 2.67. The zero-order valence-corrected chi connectivity index (χ0v) is 14.0. The van der Waals surface area contributed by atoms with Crippen molar-refractivity contribution in [3.05, 3.63) is 96.1 Å². The molecule has 4 nitrogen and oxygen atoms in total. The molecule has 0 amide bonds. The number of benzene rings is 2. The van der Waals surface area contributed by atoms with E-state index in [1.165, 1.54) is 0 Å². The van der Waals surface area contributed by atoms with Gasteiger partial charge in [0.1, 0.15) is 6.04 Å². The van der Waals surface area contributed by atoms with Gasteiger partial charge in [0.15, 0.2) is 5.78 Å². The van der Waals surface area contributed by atoms with Gasteiger partial charge in [0.25, 0.3) is 0 Å². The quantitative estimate of drug-likeness (QED) is 0.650. The van der Waals surface area contributed by atoms with Crippen LogP contribution in [0.25, 0.3) is 0 Å². The molecular formula is C21H19N3O. The van der Waals surface area contributed by atoms with Crippen molar-refractivity contribution in [2.45, 2.75) is 19.4 Å². The lowest BCUT2D eigenvalue weighted by Crippen LogP contribution is -2.22. The second kappa shape index (κ2) is 8.11. The van der Waals surface area contributed by atoms with Gasteiger partial charge in [-0.2, -0.15) is 0 Å². The molecule has 0 saturated carbocycles. The third-order valence-corrected chi connectivity index (χ3v) is 3.87. The molecule has 3 rings (SSSR count). The van der Waals surface area contributed by atoms with Crippen LogP contribution in [0.1, 0.15) is 23.7 Å². The van der Waals surface area contributed by atoms with Crippen molar-refractivity contribution >= 4 is 11.5 Å². The van der Waals surface area contributed by atoms with Gasteiger partial charge in [-0.3, -0.25) is 19.8 Å². The number of hydrogen-bond acceptors (Lipinski definition) is 4. The topological polar surface area (TPSA) is 55.2 Å². The van der Waals surface area contributed by atoms with Crippen LogP contribution in [0, 0.1) is 0 Å². The number of nitrogens with zero attached hydrogens (tertiary/aromatic N) is 3. The minimum atomic E-state index is -0.493. The number of Topliss-reactive ketones (excluding diaryl/α,β-unsaturated/α-hetero) is 1. The first-order valence-corrected chi connectivity index (χ1v) is 8.18. The molecule has 2 aromatic carbocycles. The Morgan fingerprint density at radius 2 is 1.56 bits per heavy atom. The molecule has 0 aliphatic rings. The molecule has 3 aromatic rings. The minimum Gasteiger partial charge on any atom is -0.298 e. The predicted molar refractivity (Wildman–Crippen MR) is 98.7 cm³/mol. The Bertz CT molecular complexity index is 805. The van der Waals surface area contributed by atoms with Crippen molar-refractivity contribution in [2.24, 2.45) is 4.99 Å². The molecule has 0 saturated heterocycles. The molecule has 0 N–H and O–H groups in total. The van der Waals surface area contributed by atoms with Crippen LogP contribution in [0.5, 0.6) is 0 Å². The Hall–Kier alpha value is -3.14. The smallest absolute Gasteiger partial charge is 0.154 e. The summed E-state index contributed by atoms with van der Waals surface area (Å²) in [4.78, 5) is 25.3. The molecule has 0 aliphatic heterocycles. The zero-order chi connectivity index (χ0) is 17.5. The summed E-state index contributed by atoms with van der Waals surface area (Å²) in [6, 6.07) is 19.3. The van der Waals surface area contributed by atoms with Crippen LogP contribution in [0.15, 0.2) is 84.2 Å². The Morgan fingerprint density at radius 3 is 2.04 bits per heavy atom. The lowest BCUT2D eigenvalue weighted by Gasteiger charge is -2.13. The van der Waals surface area contributed by atoms with Crippen molar-refractivity contribution < 1.29 is 4.79 Å². The van der Waals surface area contributed by atoms with E-state index in [2.05, 4.69) is 9.97 Å². The Balaban J connectivity index is 2.02. The Kier molecular flexibility index (Phi) is 5.42. The highest BCUT2D eigenvalue weighted by molar-refractivity contribution is 6.13. The summed E-state index contributed by atoms with van der Waals surface area (Å²) in [6.45, 7) is 1.57.